The summed E-state index contributed by atoms with van der Waals surface area (Å²) in [6.07, 6.45) is 0. The van der Waals surface area contributed by atoms with Crippen LogP contribution in [-0.4, -0.2) is 8.42 Å². The van der Waals surface area contributed by atoms with Crippen LogP contribution in [0.25, 0.3) is 0 Å². The minimum absolute atomic E-state index is 0.0826. The van der Waals surface area contributed by atoms with E-state index in [1.54, 1.807) is 6.07 Å². The van der Waals surface area contributed by atoms with Crippen molar-refractivity contribution in [1.29, 1.82) is 0 Å². The summed E-state index contributed by atoms with van der Waals surface area (Å²) in [4.78, 5) is 0.0826. The van der Waals surface area contributed by atoms with Crippen LogP contribution < -0.4 is 4.72 Å². The molecule has 1 N–H and O–H groups in total. The van der Waals surface area contributed by atoms with Crippen molar-refractivity contribution >= 4 is 47.6 Å². The van der Waals surface area contributed by atoms with Crippen molar-refractivity contribution in [2.45, 2.75) is 11.8 Å². The molecule has 0 unspecified atom stereocenters. The van der Waals surface area contributed by atoms with Gasteiger partial charge in [-0.3, -0.25) is 4.72 Å². The van der Waals surface area contributed by atoms with Gasteiger partial charge in [-0.05, 0) is 58.7 Å². The summed E-state index contributed by atoms with van der Waals surface area (Å²) >= 11 is 6.53. The van der Waals surface area contributed by atoms with Gasteiger partial charge < -0.3 is 0 Å². The van der Waals surface area contributed by atoms with Crippen molar-refractivity contribution in [2.75, 3.05) is 4.72 Å². The summed E-state index contributed by atoms with van der Waals surface area (Å²) in [5, 5.41) is 0. The zero-order valence-corrected chi connectivity index (χ0v) is 14.3. The van der Waals surface area contributed by atoms with Gasteiger partial charge in [-0.2, -0.15) is 0 Å². The molecular formula is C13H10Br2FNO2S. The highest BCUT2D eigenvalue weighted by Gasteiger charge is 2.19. The molecule has 106 valence electrons. The molecule has 0 atom stereocenters. The van der Waals surface area contributed by atoms with Gasteiger partial charge in [0, 0.05) is 8.95 Å². The van der Waals surface area contributed by atoms with Crippen molar-refractivity contribution in [3.63, 3.8) is 0 Å². The average Bonchev–Trinajstić information content (AvgIpc) is 2.33. The molecule has 0 fully saturated rings. The third-order valence-corrected chi connectivity index (χ3v) is 5.77. The van der Waals surface area contributed by atoms with E-state index in [2.05, 4.69) is 36.6 Å². The Labute approximate surface area is 133 Å². The summed E-state index contributed by atoms with van der Waals surface area (Å²) in [6.45, 7) is 1.85. The van der Waals surface area contributed by atoms with Crippen molar-refractivity contribution in [3.05, 3.63) is 56.7 Å². The maximum Gasteiger partial charge on any atom is 0.263 e. The predicted molar refractivity (Wildman–Crippen MR) is 83.8 cm³/mol. The molecule has 0 spiro atoms. The summed E-state index contributed by atoms with van der Waals surface area (Å²) in [7, 11) is -3.79. The Bertz CT molecular complexity index is 763. The number of rotatable bonds is 3. The van der Waals surface area contributed by atoms with Crippen LogP contribution in [0.2, 0.25) is 0 Å². The fourth-order valence-corrected chi connectivity index (χ4v) is 4.32. The summed E-state index contributed by atoms with van der Waals surface area (Å²) < 4.78 is 41.2. The largest absolute Gasteiger partial charge is 0.279 e. The lowest BCUT2D eigenvalue weighted by Gasteiger charge is -2.11. The minimum Gasteiger partial charge on any atom is -0.279 e. The predicted octanol–water partition coefficient (Wildman–Crippen LogP) is 4.46. The maximum absolute atomic E-state index is 13.1. The van der Waals surface area contributed by atoms with Crippen LogP contribution in [0.3, 0.4) is 0 Å². The van der Waals surface area contributed by atoms with Gasteiger partial charge in [0.25, 0.3) is 10.0 Å². The number of benzene rings is 2. The lowest BCUT2D eigenvalue weighted by molar-refractivity contribution is 0.600. The third-order valence-electron chi connectivity index (χ3n) is 2.58. The molecule has 20 heavy (non-hydrogen) atoms. The highest BCUT2D eigenvalue weighted by atomic mass is 79.9. The van der Waals surface area contributed by atoms with Crippen LogP contribution in [0, 0.1) is 12.7 Å². The molecule has 0 saturated heterocycles. The van der Waals surface area contributed by atoms with Crippen molar-refractivity contribution in [1.82, 2.24) is 0 Å². The monoisotopic (exact) mass is 421 g/mol. The van der Waals surface area contributed by atoms with Crippen molar-refractivity contribution < 1.29 is 12.8 Å². The first-order chi connectivity index (χ1) is 9.29. The van der Waals surface area contributed by atoms with Crippen LogP contribution in [-0.2, 0) is 10.0 Å². The molecule has 0 saturated carbocycles. The van der Waals surface area contributed by atoms with Gasteiger partial charge in [0.2, 0.25) is 0 Å². The second-order valence-electron chi connectivity index (χ2n) is 4.15. The highest BCUT2D eigenvalue weighted by Crippen LogP contribution is 2.30. The molecule has 2 rings (SSSR count). The van der Waals surface area contributed by atoms with Crippen LogP contribution in [0.15, 0.2) is 50.2 Å². The van der Waals surface area contributed by atoms with Gasteiger partial charge in [-0.15, -0.1) is 0 Å². The number of aryl methyl sites for hydroxylation is 1. The van der Waals surface area contributed by atoms with E-state index < -0.39 is 15.8 Å². The molecule has 0 bridgehead atoms. The highest BCUT2D eigenvalue weighted by molar-refractivity contribution is 9.11. The molecule has 0 aliphatic heterocycles. The molecule has 0 radical (unpaired) electrons. The number of nitrogens with one attached hydrogen (secondary N) is 1. The lowest BCUT2D eigenvalue weighted by Crippen LogP contribution is -2.14. The van der Waals surface area contributed by atoms with Crippen molar-refractivity contribution in [2.24, 2.45) is 0 Å². The fraction of sp³-hybridized carbons (Fsp3) is 0.0769. The number of sulfonamides is 1. The summed E-state index contributed by atoms with van der Waals surface area (Å²) in [5.41, 5.74) is 1.08. The van der Waals surface area contributed by atoms with Gasteiger partial charge in [0.1, 0.15) is 10.7 Å². The number of hydrogen-bond acceptors (Lipinski definition) is 2. The van der Waals surface area contributed by atoms with Gasteiger partial charge in [-0.25, -0.2) is 12.8 Å². The van der Waals surface area contributed by atoms with Gasteiger partial charge in [0.15, 0.2) is 0 Å². The normalized spacial score (nSPS) is 11.4. The number of hydrogen-bond donors (Lipinski definition) is 1. The SMILES string of the molecule is Cc1cc(Br)c(S(=O)(=O)Nc2cccc(F)c2)cc1Br. The zero-order valence-electron chi connectivity index (χ0n) is 10.3. The van der Waals surface area contributed by atoms with E-state index in [4.69, 9.17) is 0 Å². The van der Waals surface area contributed by atoms with Gasteiger partial charge >= 0.3 is 0 Å². The molecule has 0 aliphatic carbocycles. The molecule has 0 aliphatic rings. The van der Waals surface area contributed by atoms with Crippen LogP contribution in [0.5, 0.6) is 0 Å². The second kappa shape index (κ2) is 5.83. The summed E-state index contributed by atoms with van der Waals surface area (Å²) in [6, 6.07) is 8.49. The maximum atomic E-state index is 13.1. The van der Waals surface area contributed by atoms with E-state index in [0.717, 1.165) is 11.6 Å². The Morgan fingerprint density at radius 3 is 2.45 bits per heavy atom. The Morgan fingerprint density at radius 1 is 1.10 bits per heavy atom. The first-order valence-corrected chi connectivity index (χ1v) is 8.60. The van der Waals surface area contributed by atoms with E-state index in [1.165, 1.54) is 24.3 Å². The Morgan fingerprint density at radius 2 is 1.80 bits per heavy atom. The molecule has 3 nitrogen and oxygen atoms in total. The second-order valence-corrected chi connectivity index (χ2v) is 7.51. The van der Waals surface area contributed by atoms with Gasteiger partial charge in [-0.1, -0.05) is 22.0 Å². The molecule has 0 heterocycles. The molecule has 2 aromatic carbocycles. The van der Waals surface area contributed by atoms with Crippen molar-refractivity contribution in [3.8, 4) is 0 Å². The van der Waals surface area contributed by atoms with Crippen LogP contribution in [0.4, 0.5) is 10.1 Å². The Hall–Kier alpha value is -0.920. The lowest BCUT2D eigenvalue weighted by atomic mass is 10.2. The zero-order chi connectivity index (χ0) is 14.9. The Balaban J connectivity index is 2.43. The molecule has 0 amide bonds. The summed E-state index contributed by atoms with van der Waals surface area (Å²) in [5.74, 6) is -0.505. The van der Waals surface area contributed by atoms with Gasteiger partial charge in [0.05, 0.1) is 5.69 Å². The number of anilines is 1. The average molecular weight is 423 g/mol. The van der Waals surface area contributed by atoms with E-state index in [1.807, 2.05) is 6.92 Å². The molecule has 0 aromatic heterocycles. The first kappa shape index (κ1) is 15.5. The van der Waals surface area contributed by atoms with E-state index in [0.29, 0.717) is 8.95 Å². The standard InChI is InChI=1S/C13H10Br2FNO2S/c1-8-5-12(15)13(7-11(8)14)20(18,19)17-10-4-2-3-9(16)6-10/h2-7,17H,1H3. The first-order valence-electron chi connectivity index (χ1n) is 5.53. The topological polar surface area (TPSA) is 46.2 Å². The van der Waals surface area contributed by atoms with E-state index in [-0.39, 0.29) is 10.6 Å². The minimum atomic E-state index is -3.79. The van der Waals surface area contributed by atoms with E-state index in [9.17, 15) is 12.8 Å². The third kappa shape index (κ3) is 3.39. The van der Waals surface area contributed by atoms with Crippen LogP contribution >= 0.6 is 31.9 Å². The molecular weight excluding hydrogens is 413 g/mol. The van der Waals surface area contributed by atoms with Crippen LogP contribution in [0.1, 0.15) is 5.56 Å². The molecule has 2 aromatic rings. The molecule has 7 heteroatoms. The quantitative estimate of drug-likeness (QED) is 0.793. The Kier molecular flexibility index (Phi) is 4.51. The fourth-order valence-electron chi connectivity index (χ4n) is 1.60. The number of halogens is 3. The van der Waals surface area contributed by atoms with E-state index >= 15 is 0 Å². The smallest absolute Gasteiger partial charge is 0.263 e.